The molecular weight excluding hydrogens is 945 g/mol. The summed E-state index contributed by atoms with van der Waals surface area (Å²) in [6.07, 6.45) is -9.64. The standard InChI is InChI=1S/C51H60N2O15S2/c1-28-33(64-45(59)41(66-47(61)62-23-24-69-70-36-21-15-16-22-52-36)38(30-17-11-9-12-18-30)53-46(60)68-48(3,4)5)25-32-40(65-44(58)31-19-13-10-14-20-31)42-50(8,43(57)39(56)37(28)49(32,6)7)34(55)26-35-51(42,27-63-35)67-29(2)54/h9-22,32-35,38-42,55-56H,23-27H2,1-8H3,(H,53,60)/t32-,33-,34-,35+,38-,39+,40+,41+,42-,50+,51-/m0/s1. The molecule has 1 amide bonds. The number of nitrogens with zero attached hydrogens (tertiary/aromatic N) is 1. The first-order valence-electron chi connectivity index (χ1n) is 23.1. The third-order valence-corrected chi connectivity index (χ3v) is 16.0. The zero-order chi connectivity index (χ0) is 50.8. The fourth-order valence-electron chi connectivity index (χ4n) is 10.5. The van der Waals surface area contributed by atoms with Gasteiger partial charge in [0.1, 0.15) is 47.7 Å². The van der Waals surface area contributed by atoms with Crippen molar-refractivity contribution in [3.05, 3.63) is 107 Å². The van der Waals surface area contributed by atoms with Crippen LogP contribution in [0.5, 0.6) is 0 Å². The number of pyridine rings is 1. The molecule has 7 rings (SSSR count). The van der Waals surface area contributed by atoms with Crippen molar-refractivity contribution >= 4 is 57.5 Å². The maximum absolute atomic E-state index is 15.2. The van der Waals surface area contributed by atoms with Crippen LogP contribution in [0.15, 0.2) is 101 Å². The Kier molecular flexibility index (Phi) is 15.8. The van der Waals surface area contributed by atoms with E-state index in [0.29, 0.717) is 11.3 Å². The number of carbonyl (C=O) groups excluding carboxylic acids is 6. The highest BCUT2D eigenvalue weighted by molar-refractivity contribution is 8.76. The highest BCUT2D eigenvalue weighted by Gasteiger charge is 2.75. The molecular formula is C51H60N2O15S2. The molecule has 0 unspecified atom stereocenters. The van der Waals surface area contributed by atoms with Crippen LogP contribution >= 0.6 is 21.6 Å². The van der Waals surface area contributed by atoms with Crippen LogP contribution in [0.4, 0.5) is 9.59 Å². The molecule has 2 saturated carbocycles. The van der Waals surface area contributed by atoms with Gasteiger partial charge in [-0.05, 0) is 98.2 Å². The summed E-state index contributed by atoms with van der Waals surface area (Å²) < 4.78 is 41.8. The molecule has 2 bridgehead atoms. The smallest absolute Gasteiger partial charge is 0.458 e. The molecule has 70 heavy (non-hydrogen) atoms. The lowest BCUT2D eigenvalue weighted by Crippen LogP contribution is -2.79. The minimum atomic E-state index is -1.93. The van der Waals surface area contributed by atoms with E-state index in [1.165, 1.54) is 35.4 Å². The fraction of sp³-hybridized carbons (Fsp3) is 0.510. The Bertz CT molecular complexity index is 2450. The van der Waals surface area contributed by atoms with E-state index < -0.39 is 112 Å². The monoisotopic (exact) mass is 1000 g/mol. The quantitative estimate of drug-likeness (QED) is 0.0479. The molecule has 1 saturated heterocycles. The number of aliphatic hydroxyl groups is 2. The highest BCUT2D eigenvalue weighted by atomic mass is 33.1. The van der Waals surface area contributed by atoms with Crippen molar-refractivity contribution in [1.29, 1.82) is 0 Å². The molecule has 3 fully saturated rings. The Labute approximate surface area is 414 Å². The molecule has 3 aromatic rings. The fourth-order valence-corrected chi connectivity index (χ4v) is 12.2. The van der Waals surface area contributed by atoms with E-state index in [1.54, 1.807) is 114 Å². The second-order valence-corrected chi connectivity index (χ2v) is 22.1. The molecule has 0 spiro atoms. The van der Waals surface area contributed by atoms with Gasteiger partial charge in [0.25, 0.3) is 0 Å². The molecule has 19 heteroatoms. The van der Waals surface area contributed by atoms with Gasteiger partial charge in [-0.25, -0.2) is 24.2 Å². The third kappa shape index (κ3) is 10.7. The van der Waals surface area contributed by atoms with E-state index >= 15 is 9.59 Å². The summed E-state index contributed by atoms with van der Waals surface area (Å²) in [7, 11) is 2.74. The van der Waals surface area contributed by atoms with Crippen molar-refractivity contribution in [3.8, 4) is 0 Å². The average molecular weight is 1010 g/mol. The number of Topliss-reactive ketones (excluding diaryl/α,β-unsaturated/α-hetero) is 1. The summed E-state index contributed by atoms with van der Waals surface area (Å²) >= 11 is 0. The van der Waals surface area contributed by atoms with E-state index in [-0.39, 0.29) is 42.8 Å². The van der Waals surface area contributed by atoms with Crippen molar-refractivity contribution in [3.63, 3.8) is 0 Å². The first-order valence-corrected chi connectivity index (χ1v) is 25.4. The lowest BCUT2D eigenvalue weighted by Gasteiger charge is -2.65. The number of aromatic nitrogens is 1. The highest BCUT2D eigenvalue weighted by Crippen LogP contribution is 2.63. The molecule has 0 radical (unpaired) electrons. The van der Waals surface area contributed by atoms with Crippen LogP contribution < -0.4 is 5.32 Å². The number of aliphatic hydroxyl groups excluding tert-OH is 2. The summed E-state index contributed by atoms with van der Waals surface area (Å²) in [4.78, 5) is 88.9. The number of benzene rings is 2. The van der Waals surface area contributed by atoms with Gasteiger partial charge >= 0.3 is 30.2 Å². The van der Waals surface area contributed by atoms with Gasteiger partial charge in [-0.15, -0.1) is 0 Å². The maximum atomic E-state index is 15.2. The lowest BCUT2D eigenvalue weighted by atomic mass is 9.46. The molecule has 2 aromatic carbocycles. The first-order chi connectivity index (χ1) is 33.1. The van der Waals surface area contributed by atoms with Gasteiger partial charge in [0.05, 0.1) is 29.6 Å². The Morgan fingerprint density at radius 3 is 2.21 bits per heavy atom. The van der Waals surface area contributed by atoms with Gasteiger partial charge in [-0.3, -0.25) is 9.59 Å². The van der Waals surface area contributed by atoms with Crippen LogP contribution in [0.3, 0.4) is 0 Å². The van der Waals surface area contributed by atoms with E-state index in [1.807, 2.05) is 12.1 Å². The second kappa shape index (κ2) is 21.1. The molecule has 11 atom stereocenters. The van der Waals surface area contributed by atoms with Crippen LogP contribution in [0.25, 0.3) is 0 Å². The zero-order valence-corrected chi connectivity index (χ0v) is 41.9. The molecule has 17 nitrogen and oxygen atoms in total. The van der Waals surface area contributed by atoms with E-state index in [4.69, 9.17) is 33.2 Å². The summed E-state index contributed by atoms with van der Waals surface area (Å²) in [6.45, 7) is 12.5. The minimum absolute atomic E-state index is 0.121. The summed E-state index contributed by atoms with van der Waals surface area (Å²) in [5.41, 5.74) is -4.74. The number of ketones is 1. The van der Waals surface area contributed by atoms with Crippen molar-refractivity contribution in [2.24, 2.45) is 22.7 Å². The third-order valence-electron chi connectivity index (χ3n) is 13.7. The van der Waals surface area contributed by atoms with Crippen LogP contribution in [-0.4, -0.2) is 118 Å². The number of carbonyl (C=O) groups is 6. The SMILES string of the molecule is CC(=O)O[C@@]12CO[C@@H]1C[C@H](O)[C@@]1(C)C(=O)[C@H](O)C3=C(C)[C@@H](OC(=O)[C@H](OC(=O)OCCSSc4ccccn4)[C@@H](NC(=O)OC(C)(C)C)c4ccccc4)C[C@@H]([C@@H](OC(=O)c4ccccc4)[C@H]21)C3(C)C. The van der Waals surface area contributed by atoms with Gasteiger partial charge in [0, 0.05) is 31.2 Å². The molecule has 2 heterocycles. The van der Waals surface area contributed by atoms with E-state index in [2.05, 4.69) is 10.3 Å². The van der Waals surface area contributed by atoms with Crippen LogP contribution in [-0.2, 0) is 47.5 Å². The Morgan fingerprint density at radius 1 is 0.929 bits per heavy atom. The molecule has 3 aliphatic carbocycles. The number of hydrogen-bond acceptors (Lipinski definition) is 18. The zero-order valence-electron chi connectivity index (χ0n) is 40.3. The number of esters is 3. The number of ether oxygens (including phenoxy) is 7. The number of alkyl carbamates (subject to hydrolysis) is 1. The minimum Gasteiger partial charge on any atom is -0.458 e. The Morgan fingerprint density at radius 2 is 1.60 bits per heavy atom. The van der Waals surface area contributed by atoms with Crippen molar-refractivity contribution in [2.75, 3.05) is 19.0 Å². The van der Waals surface area contributed by atoms with Crippen LogP contribution in [0.1, 0.15) is 90.2 Å². The number of fused-ring (bicyclic) bond motifs is 5. The average Bonchev–Trinajstić information content (AvgIpc) is 3.30. The van der Waals surface area contributed by atoms with Crippen LogP contribution in [0.2, 0.25) is 0 Å². The van der Waals surface area contributed by atoms with E-state index in [9.17, 15) is 29.4 Å². The maximum Gasteiger partial charge on any atom is 0.509 e. The predicted molar refractivity (Wildman–Crippen MR) is 255 cm³/mol. The number of hydrogen-bond donors (Lipinski definition) is 3. The lowest BCUT2D eigenvalue weighted by molar-refractivity contribution is -0.335. The molecule has 3 N–H and O–H groups in total. The molecule has 4 aliphatic rings. The Balaban J connectivity index is 1.28. The van der Waals surface area contributed by atoms with Crippen molar-refractivity contribution in [1.82, 2.24) is 10.3 Å². The van der Waals surface area contributed by atoms with Gasteiger partial charge in [0.15, 0.2) is 11.4 Å². The van der Waals surface area contributed by atoms with Crippen LogP contribution in [0, 0.1) is 22.7 Å². The Hall–Kier alpha value is -5.47. The van der Waals surface area contributed by atoms with Gasteiger partial charge in [0.2, 0.25) is 6.10 Å². The van der Waals surface area contributed by atoms with Gasteiger partial charge in [-0.2, -0.15) is 0 Å². The number of rotatable bonds is 14. The number of amides is 1. The summed E-state index contributed by atoms with van der Waals surface area (Å²) in [6, 6.07) is 20.4. The number of nitrogens with one attached hydrogen (secondary N) is 1. The molecule has 376 valence electrons. The van der Waals surface area contributed by atoms with Crippen molar-refractivity contribution in [2.45, 2.75) is 127 Å². The summed E-state index contributed by atoms with van der Waals surface area (Å²) in [5.74, 6) is -5.39. The second-order valence-electron chi connectivity index (χ2n) is 19.7. The first kappa shape index (κ1) is 52.4. The van der Waals surface area contributed by atoms with Gasteiger partial charge < -0.3 is 48.7 Å². The largest absolute Gasteiger partial charge is 0.509 e. The normalized spacial score (nSPS) is 28.7. The van der Waals surface area contributed by atoms with Crippen molar-refractivity contribution < 1.29 is 72.1 Å². The van der Waals surface area contributed by atoms with E-state index in [0.717, 1.165) is 5.03 Å². The summed E-state index contributed by atoms with van der Waals surface area (Å²) in [5, 5.41) is 27.9. The predicted octanol–water partition coefficient (Wildman–Crippen LogP) is 7.14. The molecule has 1 aromatic heterocycles. The topological polar surface area (TPSA) is 232 Å². The van der Waals surface area contributed by atoms with Gasteiger partial charge in [-0.1, -0.05) is 79.2 Å². The molecule has 1 aliphatic heterocycles.